The van der Waals surface area contributed by atoms with Gasteiger partial charge in [0.25, 0.3) is 5.91 Å². The highest BCUT2D eigenvalue weighted by Crippen LogP contribution is 2.47. The van der Waals surface area contributed by atoms with Gasteiger partial charge in [0.15, 0.2) is 5.13 Å². The first-order chi connectivity index (χ1) is 19.3. The number of nitrogens with two attached hydrogens (primary N) is 1. The molecule has 0 aliphatic carbocycles. The van der Waals surface area contributed by atoms with Gasteiger partial charge in [0.2, 0.25) is 11.5 Å². The fourth-order valence-electron chi connectivity index (χ4n) is 4.42. The van der Waals surface area contributed by atoms with E-state index in [-0.39, 0.29) is 34.7 Å². The molecule has 2 aromatic heterocycles. The van der Waals surface area contributed by atoms with E-state index < -0.39 is 47.1 Å². The number of anilines is 1. The van der Waals surface area contributed by atoms with Crippen LogP contribution in [0.25, 0.3) is 21.5 Å². The van der Waals surface area contributed by atoms with Gasteiger partial charge in [0, 0.05) is 23.7 Å². The molecule has 3 heterocycles. The third-order valence-electron chi connectivity index (χ3n) is 7.00. The number of nitrogens with one attached hydrogen (secondary N) is 2. The summed E-state index contributed by atoms with van der Waals surface area (Å²) in [5.74, 6) is -2.37. The molecule has 2 amide bonds. The molecule has 5 rings (SSSR count). The number of hydrogen-bond acceptors (Lipinski definition) is 8. The van der Waals surface area contributed by atoms with Crippen molar-refractivity contribution in [1.82, 2.24) is 15.3 Å². The monoisotopic (exact) mass is 589 g/mol. The molecule has 41 heavy (non-hydrogen) atoms. The van der Waals surface area contributed by atoms with Gasteiger partial charge in [0.05, 0.1) is 22.5 Å². The van der Waals surface area contributed by atoms with Crippen LogP contribution in [-0.4, -0.2) is 53.3 Å². The summed E-state index contributed by atoms with van der Waals surface area (Å²) in [5, 5.41) is 16.8. The van der Waals surface area contributed by atoms with E-state index in [1.807, 2.05) is 0 Å². The van der Waals surface area contributed by atoms with Crippen LogP contribution in [0.1, 0.15) is 28.5 Å². The Morgan fingerprint density at radius 1 is 1.15 bits per heavy atom. The molecule has 2 atom stereocenters. The molecule has 0 spiro atoms. The van der Waals surface area contributed by atoms with Crippen LogP contribution in [0.5, 0.6) is 5.75 Å². The summed E-state index contributed by atoms with van der Waals surface area (Å²) in [6.07, 6.45) is -5.33. The number of thiazole rings is 1. The van der Waals surface area contributed by atoms with Gasteiger partial charge >= 0.3 is 6.18 Å². The van der Waals surface area contributed by atoms with E-state index in [4.69, 9.17) is 10.5 Å². The summed E-state index contributed by atoms with van der Waals surface area (Å²) in [7, 11) is 1.68. The lowest BCUT2D eigenvalue weighted by Gasteiger charge is -2.31. The molecule has 4 aromatic rings. The maximum Gasteiger partial charge on any atom is 0.424 e. The molecular formula is C27H23F4N5O4S. The molecule has 214 valence electrons. The number of aromatic nitrogens is 2. The first-order valence-electron chi connectivity index (χ1n) is 12.2. The zero-order chi connectivity index (χ0) is 29.7. The lowest BCUT2D eigenvalue weighted by Crippen LogP contribution is -2.51. The number of rotatable bonds is 7. The lowest BCUT2D eigenvalue weighted by molar-refractivity contribution is -0.265. The lowest BCUT2D eigenvalue weighted by atomic mass is 9.81. The highest BCUT2D eigenvalue weighted by Gasteiger charge is 2.57. The molecule has 0 saturated heterocycles. The molecule has 5 N–H and O–H groups in total. The fraction of sp³-hybridized carbons (Fsp3) is 0.259. The fourth-order valence-corrected chi connectivity index (χ4v) is 5.28. The molecule has 0 unspecified atom stereocenters. The highest BCUT2D eigenvalue weighted by molar-refractivity contribution is 7.22. The summed E-state index contributed by atoms with van der Waals surface area (Å²) in [5.41, 5.74) is 0.0613. The molecule has 9 nitrogen and oxygen atoms in total. The minimum atomic E-state index is -5.33. The Bertz CT molecular complexity index is 1680. The Hall–Kier alpha value is -4.30. The van der Waals surface area contributed by atoms with Crippen LogP contribution in [0.15, 0.2) is 48.5 Å². The van der Waals surface area contributed by atoms with Gasteiger partial charge in [-0.1, -0.05) is 11.3 Å². The Kier molecular flexibility index (Phi) is 6.86. The first-order valence-corrected chi connectivity index (χ1v) is 13.0. The quantitative estimate of drug-likeness (QED) is 0.240. The highest BCUT2D eigenvalue weighted by atomic mass is 32.1. The van der Waals surface area contributed by atoms with Crippen LogP contribution in [0.4, 0.5) is 22.7 Å². The van der Waals surface area contributed by atoms with Crippen molar-refractivity contribution in [2.24, 2.45) is 5.73 Å². The van der Waals surface area contributed by atoms with E-state index in [1.165, 1.54) is 42.5 Å². The number of benzene rings is 2. The zero-order valence-corrected chi connectivity index (χ0v) is 22.4. The maximum atomic E-state index is 14.6. The molecule has 0 radical (unpaired) electrons. The summed E-state index contributed by atoms with van der Waals surface area (Å²) < 4.78 is 63.5. The zero-order valence-electron chi connectivity index (χ0n) is 21.6. The van der Waals surface area contributed by atoms with E-state index in [2.05, 4.69) is 20.6 Å². The topological polar surface area (TPSA) is 139 Å². The number of pyridine rings is 1. The second-order valence-electron chi connectivity index (χ2n) is 9.72. The number of carbonyl (C=O) groups is 2. The Morgan fingerprint density at radius 3 is 2.49 bits per heavy atom. The van der Waals surface area contributed by atoms with Gasteiger partial charge in [-0.15, -0.1) is 0 Å². The molecule has 1 aliphatic heterocycles. The van der Waals surface area contributed by atoms with Crippen molar-refractivity contribution in [2.75, 3.05) is 25.5 Å². The summed E-state index contributed by atoms with van der Waals surface area (Å²) in [6, 6.07) is 10.0. The summed E-state index contributed by atoms with van der Waals surface area (Å²) in [4.78, 5) is 33.6. The molecule has 1 aliphatic rings. The molecule has 0 saturated carbocycles. The van der Waals surface area contributed by atoms with Crippen molar-refractivity contribution >= 4 is 38.5 Å². The molecule has 2 aromatic carbocycles. The largest absolute Gasteiger partial charge is 0.489 e. The van der Waals surface area contributed by atoms with Crippen LogP contribution in [-0.2, 0) is 15.8 Å². The number of primary amides is 1. The average Bonchev–Trinajstić information content (AvgIpc) is 3.52. The predicted octanol–water partition coefficient (Wildman–Crippen LogP) is 3.85. The van der Waals surface area contributed by atoms with Crippen molar-refractivity contribution in [3.63, 3.8) is 0 Å². The van der Waals surface area contributed by atoms with Crippen LogP contribution in [0.3, 0.4) is 0 Å². The minimum Gasteiger partial charge on any atom is -0.489 e. The van der Waals surface area contributed by atoms with Crippen LogP contribution < -0.4 is 21.1 Å². The Labute approximate surface area is 234 Å². The second-order valence-corrected chi connectivity index (χ2v) is 10.7. The van der Waals surface area contributed by atoms with Crippen molar-refractivity contribution in [3.05, 3.63) is 71.2 Å². The van der Waals surface area contributed by atoms with Gasteiger partial charge in [-0.05, 0) is 55.5 Å². The number of fused-ring (bicyclic) bond motifs is 2. The normalized spacial score (nSPS) is 17.9. The summed E-state index contributed by atoms with van der Waals surface area (Å²) in [6.45, 7) is -0.197. The number of halogens is 4. The number of ether oxygens (including phenoxy) is 1. The number of carbonyl (C=O) groups excluding carboxylic acids is 2. The third-order valence-corrected chi connectivity index (χ3v) is 8.03. The minimum absolute atomic E-state index is 0.0194. The maximum absolute atomic E-state index is 14.6. The third kappa shape index (κ3) is 4.82. The van der Waals surface area contributed by atoms with Crippen LogP contribution >= 0.6 is 11.3 Å². The summed E-state index contributed by atoms with van der Waals surface area (Å²) >= 11 is 1.25. The van der Waals surface area contributed by atoms with Gasteiger partial charge in [0.1, 0.15) is 29.3 Å². The van der Waals surface area contributed by atoms with Crippen molar-refractivity contribution in [3.8, 4) is 17.0 Å². The standard InChI is InChI=1S/C27H23F4N5O4S/c1-25(23(32)38)12-40-21-16(25)10-19(36-20(21)13-3-6-15(28)7-4-13)26(39,27(29,30)31)11-34-22(37)14-5-8-17-18(9-14)41-24(33-2)35-17/h3-10,39H,11-12H2,1-2H3,(H2,32,38)(H,33,35)(H,34,37)/t25-,26-/m0/s1. The molecular weight excluding hydrogens is 566 g/mol. The number of amides is 2. The van der Waals surface area contributed by atoms with E-state index in [0.29, 0.717) is 15.3 Å². The van der Waals surface area contributed by atoms with E-state index in [0.717, 1.165) is 18.2 Å². The Morgan fingerprint density at radius 2 is 1.85 bits per heavy atom. The SMILES string of the molecule is CNc1nc2ccc(C(=O)NC[C@](O)(c3cc4c(c(-c5ccc(F)cc5)n3)OC[C@]4(C)C(N)=O)C(F)(F)F)cc2s1. The van der Waals surface area contributed by atoms with E-state index in [1.54, 1.807) is 13.1 Å². The number of hydrogen-bond donors (Lipinski definition) is 4. The van der Waals surface area contributed by atoms with Gasteiger partial charge in [-0.25, -0.2) is 14.4 Å². The van der Waals surface area contributed by atoms with Gasteiger partial charge in [-0.2, -0.15) is 13.2 Å². The average molecular weight is 590 g/mol. The smallest absolute Gasteiger partial charge is 0.424 e. The molecule has 14 heteroatoms. The van der Waals surface area contributed by atoms with Crippen LogP contribution in [0.2, 0.25) is 0 Å². The molecule has 0 bridgehead atoms. The van der Waals surface area contributed by atoms with Crippen molar-refractivity contribution in [2.45, 2.75) is 24.1 Å². The number of aliphatic hydroxyl groups is 1. The van der Waals surface area contributed by atoms with Gasteiger partial charge < -0.3 is 26.2 Å². The van der Waals surface area contributed by atoms with Crippen molar-refractivity contribution in [1.29, 1.82) is 0 Å². The van der Waals surface area contributed by atoms with Crippen molar-refractivity contribution < 1.29 is 37.0 Å². The second kappa shape index (κ2) is 9.96. The van der Waals surface area contributed by atoms with Crippen LogP contribution in [0, 0.1) is 5.82 Å². The molecule has 0 fully saturated rings. The first kappa shape index (κ1) is 28.2. The number of alkyl halides is 3. The number of nitrogens with zero attached hydrogens (tertiary/aromatic N) is 2. The van der Waals surface area contributed by atoms with E-state index >= 15 is 0 Å². The van der Waals surface area contributed by atoms with Gasteiger partial charge in [-0.3, -0.25) is 9.59 Å². The van der Waals surface area contributed by atoms with E-state index in [9.17, 15) is 32.3 Å². The Balaban J connectivity index is 1.57. The predicted molar refractivity (Wildman–Crippen MR) is 143 cm³/mol.